The number of phenolic OH excluding ortho intramolecular Hbond substituents is 1. The topological polar surface area (TPSA) is 194 Å². The number of halogens is 2. The molecule has 2 amide bonds. The van der Waals surface area contributed by atoms with Crippen LogP contribution in [0.15, 0.2) is 59.1 Å². The predicted molar refractivity (Wildman–Crippen MR) is 175 cm³/mol. The Labute approximate surface area is 278 Å². The van der Waals surface area contributed by atoms with Crippen LogP contribution in [0.2, 0.25) is 0 Å². The minimum absolute atomic E-state index is 0. The van der Waals surface area contributed by atoms with Gasteiger partial charge in [0.2, 0.25) is 11.7 Å². The van der Waals surface area contributed by atoms with Gasteiger partial charge in [-0.3, -0.25) is 24.1 Å². The zero-order valence-electron chi connectivity index (χ0n) is 24.9. The van der Waals surface area contributed by atoms with E-state index < -0.39 is 74.5 Å². The highest BCUT2D eigenvalue weighted by Crippen LogP contribution is 2.52. The number of nitrogens with zero attached hydrogens (tertiary/aromatic N) is 2. The highest BCUT2D eigenvalue weighted by molar-refractivity contribution is 9.09. The van der Waals surface area contributed by atoms with E-state index in [2.05, 4.69) is 21.2 Å². The van der Waals surface area contributed by atoms with E-state index in [0.29, 0.717) is 11.1 Å². The zero-order chi connectivity index (χ0) is 32.4. The van der Waals surface area contributed by atoms with Crippen LogP contribution in [0.5, 0.6) is 5.75 Å². The molecule has 3 aliphatic rings. The van der Waals surface area contributed by atoms with Crippen LogP contribution in [0.1, 0.15) is 32.7 Å². The first-order valence-corrected chi connectivity index (χ1v) is 14.7. The molecular weight excluding hydrogens is 716 g/mol. The Bertz CT molecular complexity index is 1670. The lowest BCUT2D eigenvalue weighted by molar-refractivity contribution is -0.148. The third-order valence-electron chi connectivity index (χ3n) is 8.79. The van der Waals surface area contributed by atoms with Crippen LogP contribution in [0.4, 0.5) is 11.4 Å². The van der Waals surface area contributed by atoms with E-state index in [0.717, 1.165) is 5.69 Å². The number of nitrogens with two attached hydrogens (primary N) is 1. The van der Waals surface area contributed by atoms with Crippen molar-refractivity contribution in [3.8, 4) is 5.75 Å². The number of aliphatic hydroxyl groups is 3. The van der Waals surface area contributed by atoms with Gasteiger partial charge in [-0.2, -0.15) is 0 Å². The smallest absolute Gasteiger partial charge is 0.255 e. The Morgan fingerprint density at radius 3 is 2.22 bits per heavy atom. The largest absolute Gasteiger partial charge is 0.510 e. The van der Waals surface area contributed by atoms with Crippen LogP contribution in [0.3, 0.4) is 0 Å². The van der Waals surface area contributed by atoms with Crippen molar-refractivity contribution >= 4 is 67.7 Å². The maximum absolute atomic E-state index is 13.9. The number of likely N-dealkylation sites (N-methyl/N-ethyl adjacent to an activating group) is 1. The molecule has 0 fully saturated rings. The number of primary amides is 1. The fourth-order valence-corrected chi connectivity index (χ4v) is 7.03. The number of hydrogen-bond donors (Lipinski definition) is 6. The van der Waals surface area contributed by atoms with E-state index in [-0.39, 0.29) is 46.6 Å². The summed E-state index contributed by atoms with van der Waals surface area (Å²) < 4.78 is 0. The van der Waals surface area contributed by atoms with Gasteiger partial charge in [0.15, 0.2) is 17.1 Å². The summed E-state index contributed by atoms with van der Waals surface area (Å²) in [7, 11) is 6.92. The number of aromatic hydroxyl groups is 1. The molecule has 3 aliphatic carbocycles. The van der Waals surface area contributed by atoms with E-state index in [4.69, 9.17) is 5.73 Å². The van der Waals surface area contributed by atoms with Crippen molar-refractivity contribution in [1.82, 2.24) is 4.90 Å². The summed E-state index contributed by atoms with van der Waals surface area (Å²) in [5.41, 5.74) is 3.30. The number of allylic oxidation sites excluding steroid dienone is 1. The molecule has 14 heteroatoms. The molecule has 0 saturated carbocycles. The van der Waals surface area contributed by atoms with Crippen LogP contribution < -0.4 is 16.0 Å². The molecule has 0 saturated heterocycles. The van der Waals surface area contributed by atoms with E-state index in [1.807, 2.05) is 31.1 Å². The molecule has 5 atom stereocenters. The highest BCUT2D eigenvalue weighted by atomic mass is 79.9. The summed E-state index contributed by atoms with van der Waals surface area (Å²) >= 11 is 3.38. The van der Waals surface area contributed by atoms with Crippen LogP contribution >= 0.6 is 32.9 Å². The highest BCUT2D eigenvalue weighted by Gasteiger charge is 2.63. The summed E-state index contributed by atoms with van der Waals surface area (Å²) in [6.07, 6.45) is 0.137. The molecule has 12 nitrogen and oxygen atoms in total. The van der Waals surface area contributed by atoms with Gasteiger partial charge >= 0.3 is 0 Å². The molecule has 0 bridgehead atoms. The maximum atomic E-state index is 13.9. The number of nitrogens with one attached hydrogen (secondary N) is 1. The van der Waals surface area contributed by atoms with Gasteiger partial charge in [0, 0.05) is 31.3 Å². The number of ketones is 2. The quantitative estimate of drug-likeness (QED) is 0.145. The van der Waals surface area contributed by atoms with Gasteiger partial charge in [0.1, 0.15) is 21.9 Å². The minimum atomic E-state index is -2.72. The number of fused-ring (bicyclic) bond motifs is 3. The van der Waals surface area contributed by atoms with Crippen LogP contribution in [0, 0.1) is 11.8 Å². The third kappa shape index (κ3) is 5.33. The number of hydrogen-bond acceptors (Lipinski definition) is 10. The molecule has 0 radical (unpaired) electrons. The average Bonchev–Trinajstić information content (AvgIpc) is 2.95. The summed E-state index contributed by atoms with van der Waals surface area (Å²) in [5.74, 6) is -7.84. The van der Waals surface area contributed by atoms with Crippen LogP contribution in [-0.2, 0) is 20.8 Å². The Hall–Kier alpha value is -3.72. The van der Waals surface area contributed by atoms with Crippen molar-refractivity contribution in [2.75, 3.05) is 38.4 Å². The van der Waals surface area contributed by atoms with Gasteiger partial charge in [-0.25, -0.2) is 0 Å². The van der Waals surface area contributed by atoms with E-state index >= 15 is 0 Å². The second-order valence-electron chi connectivity index (χ2n) is 11.8. The molecule has 7 N–H and O–H groups in total. The number of aliphatic hydroxyl groups excluding tert-OH is 2. The SMILES string of the molecule is Br.CN(C)c1ccc(C(Br)C(=O)Nc2ccc3c(c2O)C(=O)C2=C(O)C4(O)C(=O)C(C(N)=O)=C(O)[C@@H](N(C)C)C4CC2C3)cc1. The van der Waals surface area contributed by atoms with E-state index in [1.165, 1.54) is 11.0 Å². The van der Waals surface area contributed by atoms with Crippen LogP contribution in [-0.4, -0.2) is 88.5 Å². The van der Waals surface area contributed by atoms with E-state index in [9.17, 15) is 39.6 Å². The number of rotatable bonds is 6. The predicted octanol–water partition coefficient (Wildman–Crippen LogP) is 2.84. The number of benzene rings is 2. The summed E-state index contributed by atoms with van der Waals surface area (Å²) in [6.45, 7) is 0. The number of phenols is 1. The fraction of sp³-hybridized carbons (Fsp3) is 0.355. The van der Waals surface area contributed by atoms with Crippen molar-refractivity contribution in [1.29, 1.82) is 0 Å². The van der Waals surface area contributed by atoms with Crippen LogP contribution in [0.25, 0.3) is 0 Å². The van der Waals surface area contributed by atoms with Gasteiger partial charge in [-0.1, -0.05) is 34.1 Å². The van der Waals surface area contributed by atoms with Gasteiger partial charge < -0.3 is 36.4 Å². The van der Waals surface area contributed by atoms with Gasteiger partial charge in [-0.05, 0) is 62.2 Å². The van der Waals surface area contributed by atoms with E-state index in [1.54, 1.807) is 32.3 Å². The standard InChI is InChI=1S/C31H33BrN4O8.BrH/c1-35(2)16-8-5-13(6-9-16)22(32)30(43)34-18-10-7-14-11-15-12-17-23(36(3)4)26(39)21(29(33)42)28(41)31(17,44)27(40)20(15)25(38)19(14)24(18)37;/h5-10,15,17,22-23,37,39-40,44H,11-12H2,1-4H3,(H2,33,42)(H,34,43);1H/t15?,17?,22?,23-,31?;/m0./s1. The number of Topliss-reactive ketones (excluding diaryl/α,β-unsaturated/α-hetero) is 2. The lowest BCUT2D eigenvalue weighted by Crippen LogP contribution is -2.63. The van der Waals surface area contributed by atoms with Gasteiger partial charge in [-0.15, -0.1) is 17.0 Å². The average molecular weight is 750 g/mol. The van der Waals surface area contributed by atoms with Crippen molar-refractivity contribution in [2.24, 2.45) is 17.6 Å². The second-order valence-corrected chi connectivity index (χ2v) is 12.7. The molecule has 4 unspecified atom stereocenters. The Kier molecular flexibility index (Phi) is 9.29. The molecule has 45 heavy (non-hydrogen) atoms. The van der Waals surface area contributed by atoms with Crippen molar-refractivity contribution < 1.29 is 39.6 Å². The zero-order valence-corrected chi connectivity index (χ0v) is 28.2. The van der Waals surface area contributed by atoms with Gasteiger partial charge in [0.25, 0.3) is 5.91 Å². The fourth-order valence-electron chi connectivity index (χ4n) is 6.62. The van der Waals surface area contributed by atoms with Crippen molar-refractivity contribution in [2.45, 2.75) is 29.3 Å². The molecule has 0 aliphatic heterocycles. The minimum Gasteiger partial charge on any atom is -0.510 e. The molecule has 2 aromatic rings. The Balaban J connectivity index is 0.00000461. The third-order valence-corrected chi connectivity index (χ3v) is 9.73. The Morgan fingerprint density at radius 1 is 1.04 bits per heavy atom. The molecule has 0 heterocycles. The second kappa shape index (κ2) is 12.2. The number of carbonyl (C=O) groups excluding carboxylic acids is 4. The van der Waals surface area contributed by atoms with Crippen molar-refractivity contribution in [3.63, 3.8) is 0 Å². The molecule has 240 valence electrons. The lowest BCUT2D eigenvalue weighted by atomic mass is 9.58. The number of alkyl halides is 1. The lowest BCUT2D eigenvalue weighted by Gasteiger charge is -2.50. The monoisotopic (exact) mass is 748 g/mol. The molecule has 0 spiro atoms. The number of amides is 2. The molecular formula is C31H34Br2N4O8. The first kappa shape index (κ1) is 34.2. The summed E-state index contributed by atoms with van der Waals surface area (Å²) in [5, 5.41) is 47.8. The molecule has 0 aromatic heterocycles. The summed E-state index contributed by atoms with van der Waals surface area (Å²) in [4.78, 5) is 55.2. The molecule has 5 rings (SSSR count). The number of carbonyl (C=O) groups is 4. The Morgan fingerprint density at radius 2 is 1.67 bits per heavy atom. The summed E-state index contributed by atoms with van der Waals surface area (Å²) in [6, 6.07) is 9.27. The normalized spacial score (nSPS) is 24.7. The first-order valence-electron chi connectivity index (χ1n) is 13.8. The number of anilines is 2. The first-order chi connectivity index (χ1) is 20.6. The van der Waals surface area contributed by atoms with Gasteiger partial charge in [0.05, 0.1) is 17.3 Å². The maximum Gasteiger partial charge on any atom is 0.255 e. The molecule has 2 aromatic carbocycles. The van der Waals surface area contributed by atoms with Crippen molar-refractivity contribution in [3.05, 3.63) is 75.8 Å².